The van der Waals surface area contributed by atoms with Crippen molar-refractivity contribution in [1.29, 1.82) is 0 Å². The molecule has 0 bridgehead atoms. The van der Waals surface area contributed by atoms with Crippen molar-refractivity contribution in [2.75, 3.05) is 19.6 Å². The molecule has 0 spiro atoms. The molecule has 2 heterocycles. The number of nitrogens with zero attached hydrogens (tertiary/aromatic N) is 1. The van der Waals surface area contributed by atoms with Gasteiger partial charge in [0.15, 0.2) is 0 Å². The Labute approximate surface area is 123 Å². The number of urea groups is 1. The molecule has 2 fully saturated rings. The predicted molar refractivity (Wildman–Crippen MR) is 76.1 cm³/mol. The van der Waals surface area contributed by atoms with Crippen molar-refractivity contribution in [3.8, 4) is 12.3 Å². The molecular formula is C14H20N4O3. The first-order valence-corrected chi connectivity index (χ1v) is 7.18. The first-order chi connectivity index (χ1) is 10.1. The van der Waals surface area contributed by atoms with Crippen LogP contribution in [0.25, 0.3) is 0 Å². The maximum atomic E-state index is 11.7. The molecule has 2 aliphatic rings. The van der Waals surface area contributed by atoms with E-state index in [0.29, 0.717) is 13.1 Å². The molecule has 0 aromatic rings. The molecule has 4 amide bonds. The summed E-state index contributed by atoms with van der Waals surface area (Å²) in [6.07, 6.45) is 8.72. The van der Waals surface area contributed by atoms with Crippen molar-refractivity contribution in [1.82, 2.24) is 20.9 Å². The third-order valence-electron chi connectivity index (χ3n) is 3.78. The lowest BCUT2D eigenvalue weighted by molar-refractivity contribution is -0.126. The number of piperidine rings is 1. The van der Waals surface area contributed by atoms with Gasteiger partial charge in [-0.05, 0) is 25.8 Å². The third-order valence-corrected chi connectivity index (χ3v) is 3.78. The van der Waals surface area contributed by atoms with Crippen LogP contribution in [0.15, 0.2) is 0 Å². The Morgan fingerprint density at radius 1 is 1.43 bits per heavy atom. The lowest BCUT2D eigenvalue weighted by Crippen LogP contribution is -2.44. The molecule has 0 saturated carbocycles. The highest BCUT2D eigenvalue weighted by Crippen LogP contribution is 2.15. The number of carbonyl (C=O) groups is 3. The van der Waals surface area contributed by atoms with E-state index in [9.17, 15) is 14.4 Å². The number of imide groups is 1. The van der Waals surface area contributed by atoms with Gasteiger partial charge >= 0.3 is 6.03 Å². The van der Waals surface area contributed by atoms with Gasteiger partial charge in [0.05, 0.1) is 12.5 Å². The van der Waals surface area contributed by atoms with Gasteiger partial charge < -0.3 is 10.6 Å². The van der Waals surface area contributed by atoms with Gasteiger partial charge in [-0.3, -0.25) is 19.8 Å². The molecule has 2 saturated heterocycles. The molecule has 0 aromatic carbocycles. The number of rotatable bonds is 5. The minimum absolute atomic E-state index is 0.0455. The number of terminal acetylenes is 1. The van der Waals surface area contributed by atoms with E-state index in [4.69, 9.17) is 6.42 Å². The van der Waals surface area contributed by atoms with Crippen LogP contribution in [0.4, 0.5) is 4.79 Å². The summed E-state index contributed by atoms with van der Waals surface area (Å²) in [7, 11) is 0. The summed E-state index contributed by atoms with van der Waals surface area (Å²) in [6.45, 7) is 2.13. The molecule has 0 aliphatic carbocycles. The van der Waals surface area contributed by atoms with Crippen molar-refractivity contribution < 1.29 is 14.4 Å². The van der Waals surface area contributed by atoms with Crippen molar-refractivity contribution in [3.05, 3.63) is 0 Å². The van der Waals surface area contributed by atoms with E-state index in [-0.39, 0.29) is 18.4 Å². The van der Waals surface area contributed by atoms with E-state index >= 15 is 0 Å². The van der Waals surface area contributed by atoms with Gasteiger partial charge in [-0.1, -0.05) is 5.92 Å². The van der Waals surface area contributed by atoms with Crippen LogP contribution in [0, 0.1) is 12.3 Å². The van der Waals surface area contributed by atoms with Crippen LogP contribution in [-0.2, 0) is 9.59 Å². The van der Waals surface area contributed by atoms with Crippen LogP contribution in [0.2, 0.25) is 0 Å². The summed E-state index contributed by atoms with van der Waals surface area (Å²) in [6, 6.07) is -1.18. The molecule has 2 rings (SSSR count). The summed E-state index contributed by atoms with van der Waals surface area (Å²) in [4.78, 5) is 36.2. The number of nitrogens with one attached hydrogen (secondary N) is 3. The molecule has 2 atom stereocenters. The van der Waals surface area contributed by atoms with Gasteiger partial charge in [-0.15, -0.1) is 6.42 Å². The van der Waals surface area contributed by atoms with Crippen LogP contribution >= 0.6 is 0 Å². The Morgan fingerprint density at radius 3 is 2.90 bits per heavy atom. The smallest absolute Gasteiger partial charge is 0.322 e. The molecule has 7 heteroatoms. The Morgan fingerprint density at radius 2 is 2.24 bits per heavy atom. The van der Waals surface area contributed by atoms with Crippen molar-refractivity contribution in [3.63, 3.8) is 0 Å². The Kier molecular flexibility index (Phi) is 5.17. The van der Waals surface area contributed by atoms with Crippen molar-refractivity contribution in [2.24, 2.45) is 0 Å². The molecule has 3 N–H and O–H groups in total. The standard InChI is InChI=1S/C14H20N4O3/c1-2-10-5-3-4-7-18(10)8-6-15-12(19)9-11-13(20)17-14(21)16-11/h1,10-11H,3-9H2,(H,15,19)(H2,16,17,20,21). The van der Waals surface area contributed by atoms with E-state index in [2.05, 4.69) is 26.8 Å². The fourth-order valence-corrected chi connectivity index (χ4v) is 2.65. The van der Waals surface area contributed by atoms with E-state index in [1.165, 1.54) is 0 Å². The van der Waals surface area contributed by atoms with Gasteiger partial charge in [0.2, 0.25) is 5.91 Å². The van der Waals surface area contributed by atoms with Crippen LogP contribution in [0.3, 0.4) is 0 Å². The zero-order valence-electron chi connectivity index (χ0n) is 11.9. The molecule has 2 unspecified atom stereocenters. The number of carbonyl (C=O) groups excluding carboxylic acids is 3. The first-order valence-electron chi connectivity index (χ1n) is 7.18. The maximum absolute atomic E-state index is 11.7. The summed E-state index contributed by atoms with van der Waals surface area (Å²) < 4.78 is 0. The number of likely N-dealkylation sites (tertiary alicyclic amines) is 1. The maximum Gasteiger partial charge on any atom is 0.322 e. The molecule has 114 valence electrons. The summed E-state index contributed by atoms with van der Waals surface area (Å²) >= 11 is 0. The quantitative estimate of drug-likeness (QED) is 0.456. The second-order valence-corrected chi connectivity index (χ2v) is 5.28. The SMILES string of the molecule is C#CC1CCCCN1CCNC(=O)CC1NC(=O)NC1=O. The van der Waals surface area contributed by atoms with E-state index in [1.807, 2.05) is 0 Å². The van der Waals surface area contributed by atoms with Gasteiger partial charge in [-0.2, -0.15) is 0 Å². The number of amides is 4. The summed E-state index contributed by atoms with van der Waals surface area (Å²) in [5, 5.41) is 7.24. The van der Waals surface area contributed by atoms with Crippen LogP contribution < -0.4 is 16.0 Å². The topological polar surface area (TPSA) is 90.5 Å². The third kappa shape index (κ3) is 4.20. The van der Waals surface area contributed by atoms with E-state index < -0.39 is 18.0 Å². The molecular weight excluding hydrogens is 272 g/mol. The van der Waals surface area contributed by atoms with Gasteiger partial charge in [0.25, 0.3) is 5.91 Å². The lowest BCUT2D eigenvalue weighted by Gasteiger charge is -2.32. The number of hydrogen-bond acceptors (Lipinski definition) is 4. The minimum Gasteiger partial charge on any atom is -0.355 e. The Bertz CT molecular complexity index is 471. The fourth-order valence-electron chi connectivity index (χ4n) is 2.65. The van der Waals surface area contributed by atoms with Gasteiger partial charge in [0, 0.05) is 13.1 Å². The average Bonchev–Trinajstić information content (AvgIpc) is 2.77. The van der Waals surface area contributed by atoms with Gasteiger partial charge in [0.1, 0.15) is 6.04 Å². The summed E-state index contributed by atoms with van der Waals surface area (Å²) in [5.41, 5.74) is 0. The molecule has 2 aliphatic heterocycles. The molecule has 21 heavy (non-hydrogen) atoms. The first kappa shape index (κ1) is 15.3. The Balaban J connectivity index is 1.68. The normalized spacial score (nSPS) is 25.9. The highest BCUT2D eigenvalue weighted by Gasteiger charge is 2.31. The highest BCUT2D eigenvalue weighted by molar-refractivity contribution is 6.05. The number of hydrogen-bond donors (Lipinski definition) is 3. The van der Waals surface area contributed by atoms with Crippen molar-refractivity contribution in [2.45, 2.75) is 37.8 Å². The molecule has 0 aromatic heterocycles. The second-order valence-electron chi connectivity index (χ2n) is 5.28. The minimum atomic E-state index is -0.772. The largest absolute Gasteiger partial charge is 0.355 e. The Hall–Kier alpha value is -2.07. The predicted octanol–water partition coefficient (Wildman–Crippen LogP) is -0.812. The van der Waals surface area contributed by atoms with E-state index in [0.717, 1.165) is 25.8 Å². The van der Waals surface area contributed by atoms with Gasteiger partial charge in [-0.25, -0.2) is 4.79 Å². The second kappa shape index (κ2) is 7.09. The van der Waals surface area contributed by atoms with Crippen LogP contribution in [0.1, 0.15) is 25.7 Å². The highest BCUT2D eigenvalue weighted by atomic mass is 16.2. The van der Waals surface area contributed by atoms with Crippen molar-refractivity contribution >= 4 is 17.8 Å². The zero-order valence-corrected chi connectivity index (χ0v) is 11.9. The summed E-state index contributed by atoms with van der Waals surface area (Å²) in [5.74, 6) is 2.06. The fraction of sp³-hybridized carbons (Fsp3) is 0.643. The molecule has 0 radical (unpaired) electrons. The van der Waals surface area contributed by atoms with E-state index in [1.54, 1.807) is 0 Å². The van der Waals surface area contributed by atoms with Crippen LogP contribution in [0.5, 0.6) is 0 Å². The average molecular weight is 292 g/mol. The zero-order chi connectivity index (χ0) is 15.2. The monoisotopic (exact) mass is 292 g/mol. The van der Waals surface area contributed by atoms with Crippen LogP contribution in [-0.4, -0.2) is 54.5 Å². The lowest BCUT2D eigenvalue weighted by atomic mass is 10.0. The molecule has 7 nitrogen and oxygen atoms in total.